The van der Waals surface area contributed by atoms with Crippen molar-refractivity contribution in [3.05, 3.63) is 59.4 Å². The number of carbonyl (C=O) groups is 2. The number of anilines is 2. The van der Waals surface area contributed by atoms with Gasteiger partial charge in [-0.1, -0.05) is 12.1 Å². The topological polar surface area (TPSA) is 75.4 Å². The molecule has 6 heteroatoms. The van der Waals surface area contributed by atoms with Gasteiger partial charge in [0.25, 0.3) is 0 Å². The lowest BCUT2D eigenvalue weighted by Gasteiger charge is -2.33. The standard InChI is InChI=1S/C19H20FN3O2/c1-12-7-8-14(11-16(12)18(21)24)22-17-6-3-9-23(19(17)25)15-5-2-4-13(20)10-15/h2,4-5,7-8,10-11,17,22H,3,6,9H2,1H3,(H2,21,24)/t17-/m0/s1. The zero-order chi connectivity index (χ0) is 18.0. The second kappa shape index (κ2) is 6.93. The Morgan fingerprint density at radius 3 is 2.80 bits per heavy atom. The zero-order valence-electron chi connectivity index (χ0n) is 14.0. The molecule has 1 aliphatic rings. The highest BCUT2D eigenvalue weighted by molar-refractivity contribution is 6.00. The van der Waals surface area contributed by atoms with Crippen LogP contribution in [-0.4, -0.2) is 24.4 Å². The van der Waals surface area contributed by atoms with Crippen LogP contribution in [0.1, 0.15) is 28.8 Å². The van der Waals surface area contributed by atoms with Crippen molar-refractivity contribution in [3.8, 4) is 0 Å². The minimum Gasteiger partial charge on any atom is -0.374 e. The predicted octanol–water partition coefficient (Wildman–Crippen LogP) is 2.84. The molecule has 0 spiro atoms. The molecule has 1 fully saturated rings. The number of nitrogens with one attached hydrogen (secondary N) is 1. The highest BCUT2D eigenvalue weighted by Gasteiger charge is 2.29. The maximum atomic E-state index is 13.5. The minimum atomic E-state index is -0.502. The summed E-state index contributed by atoms with van der Waals surface area (Å²) in [6.07, 6.45) is 1.47. The monoisotopic (exact) mass is 341 g/mol. The molecule has 1 atom stereocenters. The van der Waals surface area contributed by atoms with E-state index in [4.69, 9.17) is 5.73 Å². The fourth-order valence-corrected chi connectivity index (χ4v) is 3.09. The van der Waals surface area contributed by atoms with Gasteiger partial charge in [-0.05, 0) is 55.7 Å². The number of hydrogen-bond donors (Lipinski definition) is 2. The molecule has 5 nitrogen and oxygen atoms in total. The molecule has 2 amide bonds. The number of piperidine rings is 1. The van der Waals surface area contributed by atoms with Crippen LogP contribution in [-0.2, 0) is 4.79 Å². The molecule has 0 saturated carbocycles. The van der Waals surface area contributed by atoms with Gasteiger partial charge in [0.2, 0.25) is 11.8 Å². The van der Waals surface area contributed by atoms with Crippen molar-refractivity contribution in [2.24, 2.45) is 5.73 Å². The number of primary amides is 1. The van der Waals surface area contributed by atoms with Crippen LogP contribution in [0, 0.1) is 12.7 Å². The fraction of sp³-hybridized carbons (Fsp3) is 0.263. The molecule has 0 radical (unpaired) electrons. The summed E-state index contributed by atoms with van der Waals surface area (Å²) >= 11 is 0. The lowest BCUT2D eigenvalue weighted by molar-refractivity contribution is -0.120. The van der Waals surface area contributed by atoms with Crippen molar-refractivity contribution in [1.29, 1.82) is 0 Å². The lowest BCUT2D eigenvalue weighted by atomic mass is 10.0. The number of amides is 2. The Labute approximate surface area is 145 Å². The SMILES string of the molecule is Cc1ccc(N[C@H]2CCCN(c3cccc(F)c3)C2=O)cc1C(N)=O. The van der Waals surface area contributed by atoms with Gasteiger partial charge in [0.05, 0.1) is 0 Å². The van der Waals surface area contributed by atoms with Crippen molar-refractivity contribution >= 4 is 23.2 Å². The van der Waals surface area contributed by atoms with Crippen LogP contribution in [0.2, 0.25) is 0 Å². The summed E-state index contributed by atoms with van der Waals surface area (Å²) in [6, 6.07) is 10.9. The van der Waals surface area contributed by atoms with Crippen LogP contribution in [0.4, 0.5) is 15.8 Å². The van der Waals surface area contributed by atoms with E-state index >= 15 is 0 Å². The van der Waals surface area contributed by atoms with E-state index in [0.29, 0.717) is 29.9 Å². The van der Waals surface area contributed by atoms with Crippen LogP contribution in [0.3, 0.4) is 0 Å². The van der Waals surface area contributed by atoms with E-state index in [1.807, 2.05) is 6.07 Å². The Bertz CT molecular complexity index is 822. The van der Waals surface area contributed by atoms with Crippen LogP contribution >= 0.6 is 0 Å². The Morgan fingerprint density at radius 1 is 1.28 bits per heavy atom. The van der Waals surface area contributed by atoms with Gasteiger partial charge in [-0.3, -0.25) is 9.59 Å². The van der Waals surface area contributed by atoms with E-state index in [2.05, 4.69) is 5.32 Å². The molecule has 1 aliphatic heterocycles. The Morgan fingerprint density at radius 2 is 2.08 bits per heavy atom. The van der Waals surface area contributed by atoms with E-state index in [0.717, 1.165) is 12.0 Å². The van der Waals surface area contributed by atoms with Gasteiger partial charge in [0, 0.05) is 23.5 Å². The summed E-state index contributed by atoms with van der Waals surface area (Å²) in [6.45, 7) is 2.36. The van der Waals surface area contributed by atoms with Crippen molar-refractivity contribution in [2.75, 3.05) is 16.8 Å². The van der Waals surface area contributed by atoms with E-state index in [-0.39, 0.29) is 11.7 Å². The first kappa shape index (κ1) is 17.0. The van der Waals surface area contributed by atoms with Gasteiger partial charge >= 0.3 is 0 Å². The van der Waals surface area contributed by atoms with Crippen LogP contribution in [0.5, 0.6) is 0 Å². The quantitative estimate of drug-likeness (QED) is 0.898. The van der Waals surface area contributed by atoms with Gasteiger partial charge in [-0.25, -0.2) is 4.39 Å². The lowest BCUT2D eigenvalue weighted by Crippen LogP contribution is -2.47. The van der Waals surface area contributed by atoms with Crippen molar-refractivity contribution in [3.63, 3.8) is 0 Å². The molecule has 0 aliphatic carbocycles. The summed E-state index contributed by atoms with van der Waals surface area (Å²) in [5.74, 6) is -0.986. The summed E-state index contributed by atoms with van der Waals surface area (Å²) in [5, 5.41) is 3.17. The maximum Gasteiger partial charge on any atom is 0.249 e. The molecular formula is C19H20FN3O2. The van der Waals surface area contributed by atoms with Gasteiger partial charge in [0.1, 0.15) is 11.9 Å². The third kappa shape index (κ3) is 3.63. The minimum absolute atomic E-state index is 0.113. The first-order chi connectivity index (χ1) is 12.0. The van der Waals surface area contributed by atoms with Gasteiger partial charge in [-0.2, -0.15) is 0 Å². The molecule has 1 heterocycles. The number of nitrogens with zero attached hydrogens (tertiary/aromatic N) is 1. The molecule has 25 heavy (non-hydrogen) atoms. The summed E-state index contributed by atoms with van der Waals surface area (Å²) in [7, 11) is 0. The highest BCUT2D eigenvalue weighted by Crippen LogP contribution is 2.24. The Kier molecular flexibility index (Phi) is 4.70. The van der Waals surface area contributed by atoms with Gasteiger partial charge in [-0.15, -0.1) is 0 Å². The van der Waals surface area contributed by atoms with Gasteiger partial charge in [0.15, 0.2) is 0 Å². The third-order valence-corrected chi connectivity index (χ3v) is 4.40. The molecule has 0 aromatic heterocycles. The average Bonchev–Trinajstić information content (AvgIpc) is 2.58. The molecular weight excluding hydrogens is 321 g/mol. The molecule has 2 aromatic carbocycles. The summed E-state index contributed by atoms with van der Waals surface area (Å²) in [4.78, 5) is 25.9. The summed E-state index contributed by atoms with van der Waals surface area (Å²) in [5.41, 5.74) is 7.81. The van der Waals surface area contributed by atoms with Crippen molar-refractivity contribution in [2.45, 2.75) is 25.8 Å². The van der Waals surface area contributed by atoms with E-state index in [9.17, 15) is 14.0 Å². The third-order valence-electron chi connectivity index (χ3n) is 4.40. The van der Waals surface area contributed by atoms with Crippen molar-refractivity contribution in [1.82, 2.24) is 0 Å². The molecule has 0 bridgehead atoms. The number of rotatable bonds is 4. The highest BCUT2D eigenvalue weighted by atomic mass is 19.1. The normalized spacial score (nSPS) is 17.4. The van der Waals surface area contributed by atoms with E-state index in [1.165, 1.54) is 12.1 Å². The molecule has 3 rings (SSSR count). The van der Waals surface area contributed by atoms with E-state index in [1.54, 1.807) is 36.1 Å². The number of halogens is 1. The smallest absolute Gasteiger partial charge is 0.249 e. The second-order valence-electron chi connectivity index (χ2n) is 6.20. The first-order valence-corrected chi connectivity index (χ1v) is 8.19. The molecule has 0 unspecified atom stereocenters. The second-order valence-corrected chi connectivity index (χ2v) is 6.20. The number of hydrogen-bond acceptors (Lipinski definition) is 3. The summed E-state index contributed by atoms with van der Waals surface area (Å²) < 4.78 is 13.5. The molecule has 130 valence electrons. The van der Waals surface area contributed by atoms with Crippen molar-refractivity contribution < 1.29 is 14.0 Å². The number of aryl methyl sites for hydroxylation is 1. The van der Waals surface area contributed by atoms with Crippen LogP contribution < -0.4 is 16.0 Å². The number of nitrogens with two attached hydrogens (primary N) is 1. The molecule has 2 aromatic rings. The van der Waals surface area contributed by atoms with E-state index < -0.39 is 11.9 Å². The first-order valence-electron chi connectivity index (χ1n) is 8.19. The predicted molar refractivity (Wildman–Crippen MR) is 95.1 cm³/mol. The molecule has 1 saturated heterocycles. The zero-order valence-corrected chi connectivity index (χ0v) is 14.0. The van der Waals surface area contributed by atoms with Crippen LogP contribution in [0.15, 0.2) is 42.5 Å². The average molecular weight is 341 g/mol. The largest absolute Gasteiger partial charge is 0.374 e. The number of benzene rings is 2. The Hall–Kier alpha value is -2.89. The van der Waals surface area contributed by atoms with Gasteiger partial charge < -0.3 is 16.0 Å². The maximum absolute atomic E-state index is 13.5. The van der Waals surface area contributed by atoms with Crippen LogP contribution in [0.25, 0.3) is 0 Å². The fourth-order valence-electron chi connectivity index (χ4n) is 3.09. The molecule has 3 N–H and O–H groups in total. The number of carbonyl (C=O) groups excluding carboxylic acids is 2. The Balaban J connectivity index is 1.80.